The van der Waals surface area contributed by atoms with Crippen molar-refractivity contribution in [2.24, 2.45) is 5.41 Å². The topological polar surface area (TPSA) is 71.1 Å². The number of halogens is 1. The van der Waals surface area contributed by atoms with Crippen molar-refractivity contribution in [1.82, 2.24) is 15.3 Å². The Morgan fingerprint density at radius 2 is 1.88 bits per heavy atom. The standard InChI is InChI=1S/C25H36ClN5O/c1-17(15-32-3)30-19-4-6-20(7-5-19)31-24-11-22(23(26)14-28-24)18-10-21(13-27-12-18)29-16-25(2)8-9-25/h10-14,17,19-20,29-30H,4-9,15-16H2,1-3H3,(H,28,31)/t17-,19?,20?/m0/s1. The van der Waals surface area contributed by atoms with Crippen molar-refractivity contribution in [3.05, 3.63) is 35.7 Å². The molecule has 2 aliphatic rings. The predicted molar refractivity (Wildman–Crippen MR) is 132 cm³/mol. The van der Waals surface area contributed by atoms with Gasteiger partial charge in [0.2, 0.25) is 0 Å². The number of hydrogen-bond donors (Lipinski definition) is 3. The van der Waals surface area contributed by atoms with Crippen LogP contribution >= 0.6 is 11.6 Å². The first-order valence-corrected chi connectivity index (χ1v) is 12.2. The second-order valence-electron chi connectivity index (χ2n) is 9.89. The van der Waals surface area contributed by atoms with Crippen LogP contribution in [-0.4, -0.2) is 48.4 Å². The Morgan fingerprint density at radius 3 is 2.59 bits per heavy atom. The first-order chi connectivity index (χ1) is 15.4. The molecule has 3 N–H and O–H groups in total. The van der Waals surface area contributed by atoms with Crippen LogP contribution < -0.4 is 16.0 Å². The highest BCUT2D eigenvalue weighted by atomic mass is 35.5. The fraction of sp³-hybridized carbons (Fsp3) is 0.600. The second-order valence-corrected chi connectivity index (χ2v) is 10.3. The Kier molecular flexibility index (Phi) is 7.54. The van der Waals surface area contributed by atoms with E-state index < -0.39 is 0 Å². The van der Waals surface area contributed by atoms with Gasteiger partial charge in [-0.25, -0.2) is 4.98 Å². The van der Waals surface area contributed by atoms with E-state index in [0.29, 0.717) is 28.6 Å². The van der Waals surface area contributed by atoms with Gasteiger partial charge in [0.25, 0.3) is 0 Å². The molecule has 0 saturated heterocycles. The van der Waals surface area contributed by atoms with Crippen LogP contribution in [0.4, 0.5) is 11.5 Å². The third-order valence-electron chi connectivity index (χ3n) is 6.74. The Balaban J connectivity index is 1.36. The van der Waals surface area contributed by atoms with E-state index in [0.717, 1.165) is 61.5 Å². The summed E-state index contributed by atoms with van der Waals surface area (Å²) in [6.07, 6.45) is 12.6. The summed E-state index contributed by atoms with van der Waals surface area (Å²) in [5, 5.41) is 11.5. The third-order valence-corrected chi connectivity index (χ3v) is 7.04. The SMILES string of the molecule is COC[C@H](C)NC1CCC(Nc2cc(-c3cncc(NCC4(C)CC4)c3)c(Cl)cn2)CC1. The van der Waals surface area contributed by atoms with E-state index >= 15 is 0 Å². The van der Waals surface area contributed by atoms with Crippen LogP contribution in [0.15, 0.2) is 30.7 Å². The first kappa shape index (κ1) is 23.3. The normalized spacial score (nSPS) is 22.9. The number of rotatable bonds is 10. The van der Waals surface area contributed by atoms with Gasteiger partial charge in [-0.2, -0.15) is 0 Å². The highest BCUT2D eigenvalue weighted by Gasteiger charge is 2.36. The van der Waals surface area contributed by atoms with E-state index in [2.05, 4.69) is 51.9 Å². The number of nitrogens with zero attached hydrogens (tertiary/aromatic N) is 2. The van der Waals surface area contributed by atoms with Crippen LogP contribution in [0.25, 0.3) is 11.1 Å². The summed E-state index contributed by atoms with van der Waals surface area (Å²) in [4.78, 5) is 8.97. The summed E-state index contributed by atoms with van der Waals surface area (Å²) in [6.45, 7) is 6.23. The lowest BCUT2D eigenvalue weighted by Crippen LogP contribution is -2.42. The van der Waals surface area contributed by atoms with Gasteiger partial charge in [-0.15, -0.1) is 0 Å². The van der Waals surface area contributed by atoms with Crippen molar-refractivity contribution in [3.8, 4) is 11.1 Å². The van der Waals surface area contributed by atoms with Crippen LogP contribution in [0.1, 0.15) is 52.4 Å². The van der Waals surface area contributed by atoms with Gasteiger partial charge in [0, 0.05) is 61.5 Å². The average molecular weight is 458 g/mol. The molecule has 0 amide bonds. The minimum Gasteiger partial charge on any atom is -0.383 e. The lowest BCUT2D eigenvalue weighted by Gasteiger charge is -2.32. The molecule has 0 spiro atoms. The zero-order valence-electron chi connectivity index (χ0n) is 19.5. The summed E-state index contributed by atoms with van der Waals surface area (Å²) in [6, 6.07) is 5.56. The minimum atomic E-state index is 0.390. The summed E-state index contributed by atoms with van der Waals surface area (Å²) in [5.74, 6) is 0.873. The highest BCUT2D eigenvalue weighted by Crippen LogP contribution is 2.44. The van der Waals surface area contributed by atoms with Gasteiger partial charge in [0.1, 0.15) is 5.82 Å². The molecule has 2 saturated carbocycles. The predicted octanol–water partition coefficient (Wildman–Crippen LogP) is 5.36. The van der Waals surface area contributed by atoms with Crippen molar-refractivity contribution in [1.29, 1.82) is 0 Å². The molecule has 2 aromatic rings. The molecular formula is C25H36ClN5O. The molecule has 0 aliphatic heterocycles. The first-order valence-electron chi connectivity index (χ1n) is 11.8. The number of aromatic nitrogens is 2. The van der Waals surface area contributed by atoms with Crippen LogP contribution in [0.3, 0.4) is 0 Å². The maximum atomic E-state index is 6.52. The van der Waals surface area contributed by atoms with E-state index in [9.17, 15) is 0 Å². The van der Waals surface area contributed by atoms with Crippen molar-refractivity contribution >= 4 is 23.1 Å². The van der Waals surface area contributed by atoms with Gasteiger partial charge in [-0.05, 0) is 63.0 Å². The molecule has 1 atom stereocenters. The Morgan fingerprint density at radius 1 is 1.12 bits per heavy atom. The molecule has 32 heavy (non-hydrogen) atoms. The smallest absolute Gasteiger partial charge is 0.126 e. The van der Waals surface area contributed by atoms with Crippen molar-refractivity contribution in [2.45, 2.75) is 70.5 Å². The lowest BCUT2D eigenvalue weighted by atomic mass is 9.90. The summed E-state index contributed by atoms with van der Waals surface area (Å²) < 4.78 is 5.24. The van der Waals surface area contributed by atoms with E-state index in [1.807, 2.05) is 12.4 Å². The molecule has 2 aliphatic carbocycles. The molecule has 6 nitrogen and oxygen atoms in total. The van der Waals surface area contributed by atoms with Gasteiger partial charge in [0.05, 0.1) is 17.3 Å². The summed E-state index contributed by atoms with van der Waals surface area (Å²) >= 11 is 6.52. The van der Waals surface area contributed by atoms with E-state index in [1.165, 1.54) is 12.8 Å². The molecular weight excluding hydrogens is 422 g/mol. The maximum Gasteiger partial charge on any atom is 0.126 e. The van der Waals surface area contributed by atoms with E-state index in [-0.39, 0.29) is 0 Å². The van der Waals surface area contributed by atoms with Crippen molar-refractivity contribution in [2.75, 3.05) is 30.9 Å². The fourth-order valence-electron chi connectivity index (χ4n) is 4.44. The molecule has 0 aromatic carbocycles. The molecule has 4 rings (SSSR count). The monoisotopic (exact) mass is 457 g/mol. The number of hydrogen-bond acceptors (Lipinski definition) is 6. The molecule has 0 unspecified atom stereocenters. The molecule has 0 radical (unpaired) electrons. The van der Waals surface area contributed by atoms with E-state index in [1.54, 1.807) is 13.3 Å². The van der Waals surface area contributed by atoms with E-state index in [4.69, 9.17) is 16.3 Å². The Bertz CT molecular complexity index is 896. The van der Waals surface area contributed by atoms with Crippen molar-refractivity contribution in [3.63, 3.8) is 0 Å². The highest BCUT2D eigenvalue weighted by molar-refractivity contribution is 6.33. The molecule has 174 valence electrons. The molecule has 7 heteroatoms. The van der Waals surface area contributed by atoms with Gasteiger partial charge >= 0.3 is 0 Å². The molecule has 2 aromatic heterocycles. The third kappa shape index (κ3) is 6.33. The maximum absolute atomic E-state index is 6.52. The zero-order valence-corrected chi connectivity index (χ0v) is 20.2. The quantitative estimate of drug-likeness (QED) is 0.446. The van der Waals surface area contributed by atoms with Gasteiger partial charge in [-0.3, -0.25) is 4.98 Å². The molecule has 2 heterocycles. The van der Waals surface area contributed by atoms with Gasteiger partial charge in [0.15, 0.2) is 0 Å². The Hall–Kier alpha value is -1.89. The number of pyridine rings is 2. The van der Waals surface area contributed by atoms with Crippen LogP contribution in [0.5, 0.6) is 0 Å². The minimum absolute atomic E-state index is 0.390. The zero-order chi connectivity index (χ0) is 22.6. The molecule has 0 bridgehead atoms. The number of methoxy groups -OCH3 is 1. The Labute approximate surface area is 196 Å². The largest absolute Gasteiger partial charge is 0.383 e. The summed E-state index contributed by atoms with van der Waals surface area (Å²) in [7, 11) is 1.75. The van der Waals surface area contributed by atoms with Gasteiger partial charge in [-0.1, -0.05) is 18.5 Å². The molecule has 2 fully saturated rings. The summed E-state index contributed by atoms with van der Waals surface area (Å²) in [5.41, 5.74) is 3.44. The van der Waals surface area contributed by atoms with Gasteiger partial charge < -0.3 is 20.7 Å². The fourth-order valence-corrected chi connectivity index (χ4v) is 4.65. The number of anilines is 2. The second kappa shape index (κ2) is 10.4. The van der Waals surface area contributed by atoms with Crippen LogP contribution in [0.2, 0.25) is 5.02 Å². The van der Waals surface area contributed by atoms with Crippen molar-refractivity contribution < 1.29 is 4.74 Å². The average Bonchev–Trinajstić information content (AvgIpc) is 3.53. The number of ether oxygens (including phenoxy) is 1. The lowest BCUT2D eigenvalue weighted by molar-refractivity contribution is 0.161. The van der Waals surface area contributed by atoms with Crippen LogP contribution in [0, 0.1) is 5.41 Å². The number of nitrogens with one attached hydrogen (secondary N) is 3. The van der Waals surface area contributed by atoms with Crippen LogP contribution in [-0.2, 0) is 4.74 Å².